The van der Waals surface area contributed by atoms with Crippen molar-refractivity contribution < 1.29 is 14.3 Å². The average molecular weight is 412 g/mol. The summed E-state index contributed by atoms with van der Waals surface area (Å²) in [7, 11) is 5.59. The van der Waals surface area contributed by atoms with Crippen molar-refractivity contribution in [3.63, 3.8) is 0 Å². The molecule has 0 bridgehead atoms. The Morgan fingerprint density at radius 1 is 1.00 bits per heavy atom. The number of methoxy groups -OCH3 is 1. The second kappa shape index (κ2) is 11.4. The second-order valence-corrected chi connectivity index (χ2v) is 7.98. The van der Waals surface area contributed by atoms with E-state index in [0.717, 1.165) is 6.42 Å². The Bertz CT molecular complexity index is 804. The van der Waals surface area contributed by atoms with Crippen LogP contribution in [0.5, 0.6) is 5.75 Å². The first-order chi connectivity index (χ1) is 14.3. The van der Waals surface area contributed by atoms with Gasteiger partial charge in [-0.25, -0.2) is 0 Å². The summed E-state index contributed by atoms with van der Waals surface area (Å²) in [6.45, 7) is 4.35. The minimum Gasteiger partial charge on any atom is -0.497 e. The van der Waals surface area contributed by atoms with Crippen molar-refractivity contribution >= 4 is 11.8 Å². The van der Waals surface area contributed by atoms with Gasteiger partial charge in [-0.1, -0.05) is 44.2 Å². The van der Waals surface area contributed by atoms with E-state index in [1.165, 1.54) is 5.56 Å². The van der Waals surface area contributed by atoms with Crippen LogP contribution in [-0.4, -0.2) is 56.5 Å². The van der Waals surface area contributed by atoms with Crippen LogP contribution < -0.4 is 15.4 Å². The highest BCUT2D eigenvalue weighted by atomic mass is 16.5. The lowest BCUT2D eigenvalue weighted by atomic mass is 10.0. The van der Waals surface area contributed by atoms with E-state index in [2.05, 4.69) is 27.7 Å². The molecule has 2 atom stereocenters. The predicted octanol–water partition coefficient (Wildman–Crippen LogP) is 2.74. The summed E-state index contributed by atoms with van der Waals surface area (Å²) < 4.78 is 5.12. The maximum atomic E-state index is 12.9. The Balaban J connectivity index is 1.98. The number of carbonyl (C=O) groups is 2. The molecule has 0 saturated carbocycles. The fraction of sp³-hybridized carbons (Fsp3) is 0.417. The van der Waals surface area contributed by atoms with Gasteiger partial charge >= 0.3 is 0 Å². The first-order valence-corrected chi connectivity index (χ1v) is 10.2. The second-order valence-electron chi connectivity index (χ2n) is 7.98. The number of hydrogen-bond acceptors (Lipinski definition) is 4. The lowest BCUT2D eigenvalue weighted by molar-refractivity contribution is -0.124. The molecule has 0 spiro atoms. The predicted molar refractivity (Wildman–Crippen MR) is 120 cm³/mol. The van der Waals surface area contributed by atoms with Crippen LogP contribution in [0.2, 0.25) is 0 Å². The highest BCUT2D eigenvalue weighted by molar-refractivity contribution is 5.97. The van der Waals surface area contributed by atoms with Crippen molar-refractivity contribution in [1.82, 2.24) is 15.5 Å². The zero-order chi connectivity index (χ0) is 22.1. The monoisotopic (exact) mass is 411 g/mol. The normalized spacial score (nSPS) is 13.0. The van der Waals surface area contributed by atoms with Gasteiger partial charge in [0, 0.05) is 18.2 Å². The van der Waals surface area contributed by atoms with Gasteiger partial charge in [-0.3, -0.25) is 9.59 Å². The number of rotatable bonds is 10. The van der Waals surface area contributed by atoms with Crippen LogP contribution in [0.3, 0.4) is 0 Å². The fourth-order valence-electron chi connectivity index (χ4n) is 3.15. The molecule has 6 nitrogen and oxygen atoms in total. The van der Waals surface area contributed by atoms with Gasteiger partial charge in [-0.2, -0.15) is 0 Å². The van der Waals surface area contributed by atoms with Crippen LogP contribution in [0.1, 0.15) is 29.8 Å². The molecular weight excluding hydrogens is 378 g/mol. The molecule has 0 aromatic heterocycles. The summed E-state index contributed by atoms with van der Waals surface area (Å²) in [6.07, 6.45) is 0.832. The van der Waals surface area contributed by atoms with Crippen LogP contribution >= 0.6 is 0 Å². The quantitative estimate of drug-likeness (QED) is 0.631. The largest absolute Gasteiger partial charge is 0.497 e. The highest BCUT2D eigenvalue weighted by Crippen LogP contribution is 2.12. The van der Waals surface area contributed by atoms with Crippen molar-refractivity contribution in [2.75, 3.05) is 27.7 Å². The van der Waals surface area contributed by atoms with Crippen molar-refractivity contribution in [1.29, 1.82) is 0 Å². The number of carbonyl (C=O) groups excluding carboxylic acids is 2. The summed E-state index contributed by atoms with van der Waals surface area (Å²) in [5.74, 6) is 0.184. The highest BCUT2D eigenvalue weighted by Gasteiger charge is 2.25. The average Bonchev–Trinajstić information content (AvgIpc) is 2.74. The smallest absolute Gasteiger partial charge is 0.251 e. The summed E-state index contributed by atoms with van der Waals surface area (Å²) in [5.41, 5.74) is 1.71. The zero-order valence-corrected chi connectivity index (χ0v) is 18.5. The van der Waals surface area contributed by atoms with E-state index in [-0.39, 0.29) is 23.8 Å². The molecule has 0 aliphatic rings. The van der Waals surface area contributed by atoms with E-state index < -0.39 is 6.04 Å². The molecule has 0 saturated heterocycles. The number of hydrogen-bond donors (Lipinski definition) is 2. The van der Waals surface area contributed by atoms with Crippen LogP contribution in [0, 0.1) is 5.92 Å². The Morgan fingerprint density at radius 2 is 1.63 bits per heavy atom. The molecule has 2 aromatic carbocycles. The number of amides is 2. The molecule has 0 radical (unpaired) electrons. The lowest BCUT2D eigenvalue weighted by Gasteiger charge is -2.27. The maximum Gasteiger partial charge on any atom is 0.251 e. The molecule has 0 fully saturated rings. The van der Waals surface area contributed by atoms with Gasteiger partial charge in [0.15, 0.2) is 0 Å². The third-order valence-corrected chi connectivity index (χ3v) is 5.14. The molecule has 30 heavy (non-hydrogen) atoms. The van der Waals surface area contributed by atoms with E-state index in [9.17, 15) is 9.59 Å². The maximum absolute atomic E-state index is 12.9. The van der Waals surface area contributed by atoms with Crippen molar-refractivity contribution in [3.8, 4) is 5.75 Å². The third-order valence-electron chi connectivity index (χ3n) is 5.14. The number of nitrogens with one attached hydrogen (secondary N) is 2. The first kappa shape index (κ1) is 23.4. The SMILES string of the molecule is COc1ccc(C(=O)NC(C(=O)NCC(Cc2ccccc2)N(C)C)C(C)C)cc1. The molecule has 2 aromatic rings. The van der Waals surface area contributed by atoms with E-state index in [4.69, 9.17) is 4.74 Å². The van der Waals surface area contributed by atoms with Crippen LogP contribution in [0.25, 0.3) is 0 Å². The molecular formula is C24H33N3O3. The summed E-state index contributed by atoms with van der Waals surface area (Å²) in [4.78, 5) is 27.6. The van der Waals surface area contributed by atoms with Crippen molar-refractivity contribution in [2.24, 2.45) is 5.92 Å². The van der Waals surface area contributed by atoms with E-state index in [1.807, 2.05) is 46.1 Å². The Labute approximate surface area is 179 Å². The van der Waals surface area contributed by atoms with E-state index in [0.29, 0.717) is 17.9 Å². The molecule has 0 aliphatic heterocycles. The van der Waals surface area contributed by atoms with Crippen molar-refractivity contribution in [2.45, 2.75) is 32.4 Å². The Morgan fingerprint density at radius 3 is 2.17 bits per heavy atom. The third kappa shape index (κ3) is 6.88. The van der Waals surface area contributed by atoms with Crippen LogP contribution in [0.15, 0.2) is 54.6 Å². The molecule has 2 unspecified atom stereocenters. The number of benzene rings is 2. The van der Waals surface area contributed by atoms with Gasteiger partial charge in [-0.15, -0.1) is 0 Å². The molecule has 2 N–H and O–H groups in total. The zero-order valence-electron chi connectivity index (χ0n) is 18.5. The van der Waals surface area contributed by atoms with E-state index in [1.54, 1.807) is 31.4 Å². The van der Waals surface area contributed by atoms with Gasteiger partial charge in [0.25, 0.3) is 5.91 Å². The number of nitrogens with zero attached hydrogens (tertiary/aromatic N) is 1. The van der Waals surface area contributed by atoms with Crippen LogP contribution in [0.4, 0.5) is 0 Å². The minimum atomic E-state index is -0.612. The molecule has 2 rings (SSSR count). The molecule has 2 amide bonds. The Kier molecular flexibility index (Phi) is 8.87. The summed E-state index contributed by atoms with van der Waals surface area (Å²) >= 11 is 0. The topological polar surface area (TPSA) is 70.7 Å². The summed E-state index contributed by atoms with van der Waals surface area (Å²) in [5, 5.41) is 5.89. The van der Waals surface area contributed by atoms with Gasteiger partial charge in [0.05, 0.1) is 7.11 Å². The first-order valence-electron chi connectivity index (χ1n) is 10.2. The molecule has 0 heterocycles. The fourth-order valence-corrected chi connectivity index (χ4v) is 3.15. The number of likely N-dealkylation sites (N-methyl/N-ethyl adjacent to an activating group) is 1. The Hall–Kier alpha value is -2.86. The summed E-state index contributed by atoms with van der Waals surface area (Å²) in [6, 6.07) is 16.6. The van der Waals surface area contributed by atoms with Crippen LogP contribution in [-0.2, 0) is 11.2 Å². The van der Waals surface area contributed by atoms with E-state index >= 15 is 0 Å². The van der Waals surface area contributed by atoms with Gasteiger partial charge < -0.3 is 20.3 Å². The lowest BCUT2D eigenvalue weighted by Crippen LogP contribution is -2.52. The van der Waals surface area contributed by atoms with Gasteiger partial charge in [0.1, 0.15) is 11.8 Å². The minimum absolute atomic E-state index is 0.0425. The van der Waals surface area contributed by atoms with Gasteiger partial charge in [0.2, 0.25) is 5.91 Å². The number of ether oxygens (including phenoxy) is 1. The standard InChI is InChI=1S/C24H33N3O3/c1-17(2)22(26-23(28)19-11-13-21(30-5)14-12-19)24(29)25-16-20(27(3)4)15-18-9-7-6-8-10-18/h6-14,17,20,22H,15-16H2,1-5H3,(H,25,29)(H,26,28). The van der Waals surface area contributed by atoms with Crippen molar-refractivity contribution in [3.05, 3.63) is 65.7 Å². The molecule has 162 valence electrons. The molecule has 0 aliphatic carbocycles. The van der Waals surface area contributed by atoms with Gasteiger partial charge in [-0.05, 0) is 56.3 Å². The molecule has 6 heteroatoms.